The number of rotatable bonds is 5. The van der Waals surface area contributed by atoms with Crippen LogP contribution in [0.4, 0.5) is 0 Å². The summed E-state index contributed by atoms with van der Waals surface area (Å²) in [5.74, 6) is 0.887. The lowest BCUT2D eigenvalue weighted by molar-refractivity contribution is 0.316. The highest BCUT2D eigenvalue weighted by Crippen LogP contribution is 2.33. The Morgan fingerprint density at radius 3 is 2.84 bits per heavy atom. The molecule has 0 aliphatic carbocycles. The average Bonchev–Trinajstić information content (AvgIpc) is 2.97. The van der Waals surface area contributed by atoms with Crippen LogP contribution in [0.3, 0.4) is 0 Å². The van der Waals surface area contributed by atoms with E-state index in [4.69, 9.17) is 11.6 Å². The van der Waals surface area contributed by atoms with Gasteiger partial charge in [0.05, 0.1) is 0 Å². The predicted octanol–water partition coefficient (Wildman–Crippen LogP) is 3.34. The van der Waals surface area contributed by atoms with Crippen molar-refractivity contribution in [3.63, 3.8) is 0 Å². The average molecular weight is 322 g/mol. The number of thiophene rings is 1. The first kappa shape index (κ1) is 15.3. The van der Waals surface area contributed by atoms with Gasteiger partial charge in [-0.05, 0) is 37.3 Å². The second-order valence-corrected chi connectivity index (χ2v) is 8.89. The molecule has 0 radical (unpaired) electrons. The predicted molar refractivity (Wildman–Crippen MR) is 80.5 cm³/mol. The van der Waals surface area contributed by atoms with Crippen molar-refractivity contribution >= 4 is 33.0 Å². The molecule has 1 saturated heterocycles. The second-order valence-electron chi connectivity index (χ2n) is 5.23. The molecule has 108 valence electrons. The van der Waals surface area contributed by atoms with E-state index in [1.165, 1.54) is 11.3 Å². The molecule has 0 amide bonds. The molecule has 3 nitrogen and oxygen atoms in total. The summed E-state index contributed by atoms with van der Waals surface area (Å²) < 4.78 is 27.5. The van der Waals surface area contributed by atoms with Gasteiger partial charge in [-0.2, -0.15) is 4.31 Å². The van der Waals surface area contributed by atoms with E-state index in [0.29, 0.717) is 22.6 Å². The van der Waals surface area contributed by atoms with Gasteiger partial charge >= 0.3 is 0 Å². The summed E-state index contributed by atoms with van der Waals surface area (Å²) in [6, 6.07) is 3.74. The normalized spacial score (nSPS) is 21.4. The van der Waals surface area contributed by atoms with Gasteiger partial charge in [0.15, 0.2) is 0 Å². The van der Waals surface area contributed by atoms with Crippen LogP contribution in [-0.4, -0.2) is 31.2 Å². The topological polar surface area (TPSA) is 37.4 Å². The van der Waals surface area contributed by atoms with Crippen LogP contribution in [0.5, 0.6) is 0 Å². The number of halogens is 1. The molecule has 1 atom stereocenters. The minimum absolute atomic E-state index is 0.142. The van der Waals surface area contributed by atoms with E-state index in [1.807, 2.05) is 6.07 Å². The van der Waals surface area contributed by atoms with E-state index < -0.39 is 10.0 Å². The van der Waals surface area contributed by atoms with E-state index >= 15 is 0 Å². The van der Waals surface area contributed by atoms with Crippen molar-refractivity contribution < 1.29 is 8.42 Å². The minimum Gasteiger partial charge on any atom is -0.206 e. The Morgan fingerprint density at radius 2 is 2.21 bits per heavy atom. The summed E-state index contributed by atoms with van der Waals surface area (Å²) in [5.41, 5.74) is 0. The Hall–Kier alpha value is -0.100. The van der Waals surface area contributed by atoms with Gasteiger partial charge in [0.1, 0.15) is 4.21 Å². The van der Waals surface area contributed by atoms with E-state index in [2.05, 4.69) is 13.8 Å². The van der Waals surface area contributed by atoms with E-state index in [9.17, 15) is 8.42 Å². The third-order valence-corrected chi connectivity index (χ3v) is 7.28. The summed E-state index contributed by atoms with van der Waals surface area (Å²) in [4.78, 5) is 1.04. The first-order valence-electron chi connectivity index (χ1n) is 6.63. The highest BCUT2D eigenvalue weighted by molar-refractivity contribution is 7.91. The lowest BCUT2D eigenvalue weighted by Crippen LogP contribution is -2.38. The highest BCUT2D eigenvalue weighted by atomic mass is 35.5. The number of alkyl halides is 1. The Balaban J connectivity index is 2.25. The van der Waals surface area contributed by atoms with Crippen molar-refractivity contribution in [2.75, 3.05) is 12.4 Å². The molecule has 0 spiro atoms. The van der Waals surface area contributed by atoms with Crippen LogP contribution in [0.2, 0.25) is 0 Å². The van der Waals surface area contributed by atoms with Crippen LogP contribution in [0.1, 0.15) is 31.6 Å². The zero-order chi connectivity index (χ0) is 14.0. The number of sulfonamides is 1. The summed E-state index contributed by atoms with van der Waals surface area (Å²) in [6.07, 6.45) is 2.66. The van der Waals surface area contributed by atoms with E-state index in [-0.39, 0.29) is 6.04 Å². The zero-order valence-electron chi connectivity index (χ0n) is 11.3. The summed E-state index contributed by atoms with van der Waals surface area (Å²) in [6.45, 7) is 4.83. The molecule has 1 aliphatic rings. The van der Waals surface area contributed by atoms with Crippen LogP contribution >= 0.6 is 22.9 Å². The van der Waals surface area contributed by atoms with Crippen molar-refractivity contribution in [1.29, 1.82) is 0 Å². The molecule has 19 heavy (non-hydrogen) atoms. The van der Waals surface area contributed by atoms with Crippen molar-refractivity contribution in [2.24, 2.45) is 5.92 Å². The number of hydrogen-bond acceptors (Lipinski definition) is 3. The number of aryl methyl sites for hydroxylation is 1. The second kappa shape index (κ2) is 6.12. The van der Waals surface area contributed by atoms with Crippen LogP contribution in [0.25, 0.3) is 0 Å². The molecular weight excluding hydrogens is 302 g/mol. The minimum atomic E-state index is -3.32. The van der Waals surface area contributed by atoms with Crippen LogP contribution < -0.4 is 0 Å². The molecular formula is C13H20ClNO2S2. The summed E-state index contributed by atoms with van der Waals surface area (Å²) in [5, 5.41) is 0. The van der Waals surface area contributed by atoms with Crippen LogP contribution in [-0.2, 0) is 16.4 Å². The van der Waals surface area contributed by atoms with Gasteiger partial charge in [0.25, 0.3) is 10.0 Å². The Labute approximate surface area is 124 Å². The standard InChI is InChI=1S/C13H20ClNO2S2/c1-10(2)12-4-3-9-15(12)19(16,17)13-6-5-11(18-13)7-8-14/h5-6,10,12H,3-4,7-9H2,1-2H3. The van der Waals surface area contributed by atoms with Crippen molar-refractivity contribution in [3.05, 3.63) is 17.0 Å². The SMILES string of the molecule is CC(C)C1CCCN1S(=O)(=O)c1ccc(CCCl)s1. The molecule has 6 heteroatoms. The molecule has 1 fully saturated rings. The molecule has 1 unspecified atom stereocenters. The van der Waals surface area contributed by atoms with Gasteiger partial charge in [-0.3, -0.25) is 0 Å². The fraction of sp³-hybridized carbons (Fsp3) is 0.692. The third kappa shape index (κ3) is 3.15. The highest BCUT2D eigenvalue weighted by Gasteiger charge is 2.37. The van der Waals surface area contributed by atoms with E-state index in [1.54, 1.807) is 10.4 Å². The van der Waals surface area contributed by atoms with Crippen molar-refractivity contribution in [3.8, 4) is 0 Å². The largest absolute Gasteiger partial charge is 0.252 e. The van der Waals surface area contributed by atoms with Crippen LogP contribution in [0, 0.1) is 5.92 Å². The maximum absolute atomic E-state index is 12.7. The molecule has 0 N–H and O–H groups in total. The first-order valence-corrected chi connectivity index (χ1v) is 9.42. The van der Waals surface area contributed by atoms with Crippen molar-refractivity contribution in [1.82, 2.24) is 4.31 Å². The summed E-state index contributed by atoms with van der Waals surface area (Å²) in [7, 11) is -3.32. The molecule has 0 bridgehead atoms. The van der Waals surface area contributed by atoms with Gasteiger partial charge in [-0.1, -0.05) is 13.8 Å². The fourth-order valence-corrected chi connectivity index (χ4v) is 6.20. The van der Waals surface area contributed by atoms with Crippen LogP contribution in [0.15, 0.2) is 16.3 Å². The molecule has 1 aromatic rings. The van der Waals surface area contributed by atoms with E-state index in [0.717, 1.165) is 24.1 Å². The monoisotopic (exact) mass is 321 g/mol. The van der Waals surface area contributed by atoms with Crippen molar-refractivity contribution in [2.45, 2.75) is 43.4 Å². The lowest BCUT2D eigenvalue weighted by atomic mass is 10.0. The summed E-state index contributed by atoms with van der Waals surface area (Å²) >= 11 is 7.05. The third-order valence-electron chi connectivity index (χ3n) is 3.56. The Morgan fingerprint density at radius 1 is 1.47 bits per heavy atom. The van der Waals surface area contributed by atoms with Gasteiger partial charge in [-0.15, -0.1) is 22.9 Å². The lowest BCUT2D eigenvalue weighted by Gasteiger charge is -2.26. The maximum Gasteiger partial charge on any atom is 0.252 e. The molecule has 0 aromatic carbocycles. The van der Waals surface area contributed by atoms with Gasteiger partial charge in [0.2, 0.25) is 0 Å². The Bertz CT molecular complexity index is 525. The van der Waals surface area contributed by atoms with Gasteiger partial charge in [0, 0.05) is 23.3 Å². The molecule has 1 aliphatic heterocycles. The zero-order valence-corrected chi connectivity index (χ0v) is 13.7. The number of nitrogens with zero attached hydrogens (tertiary/aromatic N) is 1. The number of hydrogen-bond donors (Lipinski definition) is 0. The van der Waals surface area contributed by atoms with Gasteiger partial charge in [-0.25, -0.2) is 8.42 Å². The fourth-order valence-electron chi connectivity index (χ4n) is 2.57. The maximum atomic E-state index is 12.7. The molecule has 2 rings (SSSR count). The molecule has 2 heterocycles. The smallest absolute Gasteiger partial charge is 0.206 e. The Kier molecular flexibility index (Phi) is 4.93. The first-order chi connectivity index (χ1) is 8.96. The quantitative estimate of drug-likeness (QED) is 0.780. The van der Waals surface area contributed by atoms with Gasteiger partial charge < -0.3 is 0 Å². The molecule has 1 aromatic heterocycles. The molecule has 0 saturated carbocycles.